The number of nitrogens with one attached hydrogen (secondary N) is 2. The van der Waals surface area contributed by atoms with E-state index in [4.69, 9.17) is 4.74 Å². The Morgan fingerprint density at radius 1 is 1.21 bits per heavy atom. The number of amides is 1. The molecule has 128 valence electrons. The summed E-state index contributed by atoms with van der Waals surface area (Å²) in [6.45, 7) is 4.70. The standard InChI is InChI=1S/C19H22N2O2.ClH/c1-2-23-13-17-6-4-3-5-16(17)12-21-19(22)15-7-8-18-14(11-15)9-10-20-18;/h3-8,11,20H,2,9-10,12-13H2,1H3,(H,21,22);1H. The lowest BCUT2D eigenvalue weighted by molar-refractivity contribution is 0.0949. The fourth-order valence-electron chi connectivity index (χ4n) is 2.81. The van der Waals surface area contributed by atoms with Gasteiger partial charge in [0.15, 0.2) is 0 Å². The van der Waals surface area contributed by atoms with Gasteiger partial charge in [0.2, 0.25) is 0 Å². The average molecular weight is 347 g/mol. The molecule has 1 aliphatic rings. The molecule has 0 fully saturated rings. The number of fused-ring (bicyclic) bond motifs is 1. The van der Waals surface area contributed by atoms with E-state index in [0.29, 0.717) is 19.8 Å². The first-order valence-corrected chi connectivity index (χ1v) is 8.07. The highest BCUT2D eigenvalue weighted by atomic mass is 35.5. The Kier molecular flexibility index (Phi) is 6.64. The van der Waals surface area contributed by atoms with Crippen molar-refractivity contribution in [3.63, 3.8) is 0 Å². The van der Waals surface area contributed by atoms with Gasteiger partial charge in [-0.25, -0.2) is 0 Å². The van der Waals surface area contributed by atoms with Gasteiger partial charge in [-0.1, -0.05) is 24.3 Å². The molecular formula is C19H23ClN2O2. The average Bonchev–Trinajstić information content (AvgIpc) is 3.06. The van der Waals surface area contributed by atoms with Crippen LogP contribution in [-0.2, 0) is 24.3 Å². The molecule has 0 bridgehead atoms. The highest BCUT2D eigenvalue weighted by Crippen LogP contribution is 2.23. The number of halogens is 1. The van der Waals surface area contributed by atoms with Gasteiger partial charge in [-0.2, -0.15) is 0 Å². The van der Waals surface area contributed by atoms with Gasteiger partial charge in [-0.05, 0) is 48.2 Å². The normalized spacial score (nSPS) is 12.0. The summed E-state index contributed by atoms with van der Waals surface area (Å²) >= 11 is 0. The number of carbonyl (C=O) groups excluding carboxylic acids is 1. The molecule has 0 aliphatic carbocycles. The zero-order valence-corrected chi connectivity index (χ0v) is 14.6. The number of hydrogen-bond donors (Lipinski definition) is 2. The highest BCUT2D eigenvalue weighted by Gasteiger charge is 2.13. The van der Waals surface area contributed by atoms with Gasteiger partial charge in [0.05, 0.1) is 6.61 Å². The van der Waals surface area contributed by atoms with Crippen LogP contribution in [-0.4, -0.2) is 19.1 Å². The van der Waals surface area contributed by atoms with E-state index in [-0.39, 0.29) is 18.3 Å². The first-order valence-electron chi connectivity index (χ1n) is 8.07. The summed E-state index contributed by atoms with van der Waals surface area (Å²) in [5.41, 5.74) is 5.29. The topological polar surface area (TPSA) is 50.4 Å². The van der Waals surface area contributed by atoms with Crippen LogP contribution in [0.1, 0.15) is 34.0 Å². The largest absolute Gasteiger partial charge is 0.384 e. The van der Waals surface area contributed by atoms with Crippen molar-refractivity contribution in [2.45, 2.75) is 26.5 Å². The molecule has 1 heterocycles. The van der Waals surface area contributed by atoms with E-state index < -0.39 is 0 Å². The van der Waals surface area contributed by atoms with Gasteiger partial charge in [0.1, 0.15) is 0 Å². The van der Waals surface area contributed by atoms with Gasteiger partial charge in [0, 0.05) is 30.9 Å². The number of hydrogen-bond acceptors (Lipinski definition) is 3. The zero-order chi connectivity index (χ0) is 16.1. The lowest BCUT2D eigenvalue weighted by atomic mass is 10.1. The van der Waals surface area contributed by atoms with Crippen LogP contribution in [0, 0.1) is 0 Å². The third-order valence-corrected chi connectivity index (χ3v) is 4.10. The summed E-state index contributed by atoms with van der Waals surface area (Å²) < 4.78 is 5.48. The van der Waals surface area contributed by atoms with Crippen molar-refractivity contribution in [1.29, 1.82) is 0 Å². The quantitative estimate of drug-likeness (QED) is 0.841. The SMILES string of the molecule is CCOCc1ccccc1CNC(=O)c1ccc2c(c1)CCN2.Cl. The molecule has 0 spiro atoms. The van der Waals surface area contributed by atoms with Crippen molar-refractivity contribution in [1.82, 2.24) is 5.32 Å². The maximum Gasteiger partial charge on any atom is 0.251 e. The molecule has 0 aromatic heterocycles. The molecule has 0 radical (unpaired) electrons. The van der Waals surface area contributed by atoms with Crippen LogP contribution in [0.25, 0.3) is 0 Å². The summed E-state index contributed by atoms with van der Waals surface area (Å²) in [4.78, 5) is 12.4. The van der Waals surface area contributed by atoms with E-state index in [1.165, 1.54) is 5.56 Å². The predicted octanol–water partition coefficient (Wildman–Crippen LogP) is 3.54. The number of benzene rings is 2. The molecule has 2 aromatic rings. The highest BCUT2D eigenvalue weighted by molar-refractivity contribution is 5.95. The van der Waals surface area contributed by atoms with Gasteiger partial charge < -0.3 is 15.4 Å². The molecule has 4 nitrogen and oxygen atoms in total. The summed E-state index contributed by atoms with van der Waals surface area (Å²) in [6, 6.07) is 13.9. The Labute approximate surface area is 149 Å². The van der Waals surface area contributed by atoms with E-state index >= 15 is 0 Å². The minimum atomic E-state index is -0.0362. The fourth-order valence-corrected chi connectivity index (χ4v) is 2.81. The molecule has 5 heteroatoms. The molecule has 2 aromatic carbocycles. The lowest BCUT2D eigenvalue weighted by Gasteiger charge is -2.11. The van der Waals surface area contributed by atoms with E-state index in [0.717, 1.165) is 35.3 Å². The second-order valence-electron chi connectivity index (χ2n) is 5.64. The predicted molar refractivity (Wildman–Crippen MR) is 98.8 cm³/mol. The van der Waals surface area contributed by atoms with Crippen LogP contribution in [0.2, 0.25) is 0 Å². The second kappa shape index (κ2) is 8.71. The zero-order valence-electron chi connectivity index (χ0n) is 13.8. The molecule has 0 unspecified atom stereocenters. The number of rotatable bonds is 6. The number of carbonyl (C=O) groups is 1. The van der Waals surface area contributed by atoms with E-state index in [1.54, 1.807) is 0 Å². The molecule has 1 aliphatic heterocycles. The minimum Gasteiger partial charge on any atom is -0.384 e. The Morgan fingerprint density at radius 3 is 2.79 bits per heavy atom. The maximum atomic E-state index is 12.4. The first-order chi connectivity index (χ1) is 11.3. The van der Waals surface area contributed by atoms with Crippen molar-refractivity contribution in [3.05, 3.63) is 64.7 Å². The molecule has 0 saturated carbocycles. The van der Waals surface area contributed by atoms with Crippen LogP contribution in [0.15, 0.2) is 42.5 Å². The monoisotopic (exact) mass is 346 g/mol. The Hall–Kier alpha value is -2.04. The third-order valence-electron chi connectivity index (χ3n) is 4.10. The summed E-state index contributed by atoms with van der Waals surface area (Å²) in [5, 5.41) is 6.31. The van der Waals surface area contributed by atoms with Gasteiger partial charge in [0.25, 0.3) is 5.91 Å². The van der Waals surface area contributed by atoms with Gasteiger partial charge in [-0.15, -0.1) is 12.4 Å². The Balaban J connectivity index is 0.00000208. The fraction of sp³-hybridized carbons (Fsp3) is 0.316. The summed E-state index contributed by atoms with van der Waals surface area (Å²) in [6.07, 6.45) is 0.980. The third kappa shape index (κ3) is 4.28. The summed E-state index contributed by atoms with van der Waals surface area (Å²) in [5.74, 6) is -0.0362. The minimum absolute atomic E-state index is 0. The molecule has 2 N–H and O–H groups in total. The lowest BCUT2D eigenvalue weighted by Crippen LogP contribution is -2.23. The van der Waals surface area contributed by atoms with Crippen LogP contribution < -0.4 is 10.6 Å². The molecular weight excluding hydrogens is 324 g/mol. The number of ether oxygens (including phenoxy) is 1. The molecule has 3 rings (SSSR count). The van der Waals surface area contributed by atoms with E-state index in [1.807, 2.05) is 49.4 Å². The first kappa shape index (κ1) is 18.3. The number of anilines is 1. The van der Waals surface area contributed by atoms with Gasteiger partial charge in [-0.3, -0.25) is 4.79 Å². The smallest absolute Gasteiger partial charge is 0.251 e. The van der Waals surface area contributed by atoms with Crippen molar-refractivity contribution in [3.8, 4) is 0 Å². The van der Waals surface area contributed by atoms with Crippen LogP contribution >= 0.6 is 12.4 Å². The van der Waals surface area contributed by atoms with Crippen molar-refractivity contribution < 1.29 is 9.53 Å². The molecule has 0 saturated heterocycles. The van der Waals surface area contributed by atoms with Crippen LogP contribution in [0.4, 0.5) is 5.69 Å². The molecule has 1 amide bonds. The molecule has 0 atom stereocenters. The van der Waals surface area contributed by atoms with Crippen molar-refractivity contribution in [2.24, 2.45) is 0 Å². The second-order valence-corrected chi connectivity index (χ2v) is 5.64. The van der Waals surface area contributed by atoms with Crippen molar-refractivity contribution >= 4 is 24.0 Å². The maximum absolute atomic E-state index is 12.4. The Morgan fingerprint density at radius 2 is 2.00 bits per heavy atom. The van der Waals surface area contributed by atoms with Crippen LogP contribution in [0.3, 0.4) is 0 Å². The van der Waals surface area contributed by atoms with Crippen LogP contribution in [0.5, 0.6) is 0 Å². The Bertz CT molecular complexity index is 704. The van der Waals surface area contributed by atoms with E-state index in [9.17, 15) is 4.79 Å². The molecule has 24 heavy (non-hydrogen) atoms. The summed E-state index contributed by atoms with van der Waals surface area (Å²) in [7, 11) is 0. The van der Waals surface area contributed by atoms with Crippen molar-refractivity contribution in [2.75, 3.05) is 18.5 Å². The van der Waals surface area contributed by atoms with Gasteiger partial charge >= 0.3 is 0 Å². The van der Waals surface area contributed by atoms with E-state index in [2.05, 4.69) is 10.6 Å².